The number of hydrogen-bond acceptors (Lipinski definition) is 8. The minimum absolute atomic E-state index is 0.0495. The van der Waals surface area contributed by atoms with Crippen LogP contribution in [0.3, 0.4) is 0 Å². The van der Waals surface area contributed by atoms with Crippen LogP contribution < -0.4 is 14.4 Å². The Hall–Kier alpha value is -2.92. The van der Waals surface area contributed by atoms with Crippen molar-refractivity contribution in [2.24, 2.45) is 0 Å². The van der Waals surface area contributed by atoms with E-state index in [2.05, 4.69) is 26.1 Å². The molecular formula is C21H23BrN4O5S. The number of nitrogens with zero attached hydrogens (tertiary/aromatic N) is 4. The quantitative estimate of drug-likeness (QED) is 0.318. The minimum Gasteiger partial charge on any atom is -0.497 e. The van der Waals surface area contributed by atoms with Crippen molar-refractivity contribution in [3.05, 3.63) is 39.4 Å². The molecule has 0 saturated carbocycles. The molecule has 9 nitrogen and oxygen atoms in total. The molecule has 0 unspecified atom stereocenters. The molecule has 1 aromatic carbocycles. The molecule has 3 aromatic rings. The second kappa shape index (κ2) is 10.1. The lowest BCUT2D eigenvalue weighted by atomic mass is 10.2. The fourth-order valence-electron chi connectivity index (χ4n) is 2.91. The highest BCUT2D eigenvalue weighted by atomic mass is 79.9. The van der Waals surface area contributed by atoms with Crippen molar-refractivity contribution in [2.45, 2.75) is 18.6 Å². The van der Waals surface area contributed by atoms with Crippen molar-refractivity contribution in [3.8, 4) is 22.9 Å². The molecule has 0 amide bonds. The molecule has 32 heavy (non-hydrogen) atoms. The number of carbonyl (C=O) groups is 1. The monoisotopic (exact) mass is 522 g/mol. The number of carboxylic acids is 1. The SMILES string of the molecule is CCn1c(S/C(=C\c2cc(Br)c(N(C)C)o2)C(=O)O)nnc1-c1cc(OC)cc(OC)c1. The van der Waals surface area contributed by atoms with Crippen molar-refractivity contribution < 1.29 is 23.8 Å². The molecule has 1 N–H and O–H groups in total. The molecule has 3 rings (SSSR count). The first-order valence-electron chi connectivity index (χ1n) is 9.53. The Labute approximate surface area is 198 Å². The van der Waals surface area contributed by atoms with Gasteiger partial charge < -0.3 is 28.5 Å². The summed E-state index contributed by atoms with van der Waals surface area (Å²) in [5, 5.41) is 18.7. The van der Waals surface area contributed by atoms with E-state index in [0.29, 0.717) is 40.7 Å². The number of furan rings is 1. The first-order valence-corrected chi connectivity index (χ1v) is 11.1. The largest absolute Gasteiger partial charge is 0.497 e. The van der Waals surface area contributed by atoms with E-state index in [-0.39, 0.29) is 4.91 Å². The number of aromatic nitrogens is 3. The van der Waals surface area contributed by atoms with Crippen LogP contribution in [0.4, 0.5) is 5.88 Å². The molecule has 0 aliphatic carbocycles. The number of aliphatic carboxylic acids is 1. The van der Waals surface area contributed by atoms with E-state index < -0.39 is 5.97 Å². The standard InChI is InChI=1S/C21H23BrN4O5S/c1-6-26-18(12-7-13(29-4)9-14(8-12)30-5)23-24-21(26)32-17(20(27)28)11-15-10-16(22)19(31-15)25(2)3/h7-11H,6H2,1-5H3,(H,27,28)/b17-11-. The number of thioether (sulfide) groups is 1. The summed E-state index contributed by atoms with van der Waals surface area (Å²) < 4.78 is 19.0. The molecule has 0 aliphatic heterocycles. The lowest BCUT2D eigenvalue weighted by Gasteiger charge is -2.10. The van der Waals surface area contributed by atoms with Crippen LogP contribution in [0.2, 0.25) is 0 Å². The summed E-state index contributed by atoms with van der Waals surface area (Å²) in [6.07, 6.45) is 1.47. The predicted molar refractivity (Wildman–Crippen MR) is 126 cm³/mol. The summed E-state index contributed by atoms with van der Waals surface area (Å²) in [6.45, 7) is 2.47. The van der Waals surface area contributed by atoms with E-state index in [4.69, 9.17) is 13.9 Å². The van der Waals surface area contributed by atoms with Crippen molar-refractivity contribution >= 4 is 45.6 Å². The van der Waals surface area contributed by atoms with Gasteiger partial charge in [-0.2, -0.15) is 0 Å². The molecule has 0 radical (unpaired) electrons. The van der Waals surface area contributed by atoms with E-state index in [1.165, 1.54) is 6.08 Å². The molecule has 0 bridgehead atoms. The zero-order chi connectivity index (χ0) is 23.4. The lowest BCUT2D eigenvalue weighted by molar-refractivity contribution is -0.131. The number of anilines is 1. The molecule has 0 fully saturated rings. The minimum atomic E-state index is -1.09. The second-order valence-corrected chi connectivity index (χ2v) is 8.63. The summed E-state index contributed by atoms with van der Waals surface area (Å²) >= 11 is 4.42. The van der Waals surface area contributed by atoms with Crippen LogP contribution >= 0.6 is 27.7 Å². The maximum absolute atomic E-state index is 11.9. The highest BCUT2D eigenvalue weighted by molar-refractivity contribution is 9.10. The Kier molecular flexibility index (Phi) is 7.52. The molecule has 11 heteroatoms. The molecule has 0 atom stereocenters. The zero-order valence-electron chi connectivity index (χ0n) is 18.2. The van der Waals surface area contributed by atoms with Gasteiger partial charge >= 0.3 is 5.97 Å². The molecule has 2 heterocycles. The fourth-order valence-corrected chi connectivity index (χ4v) is 4.44. The maximum Gasteiger partial charge on any atom is 0.342 e. The summed E-state index contributed by atoms with van der Waals surface area (Å²) in [7, 11) is 6.82. The van der Waals surface area contributed by atoms with Crippen molar-refractivity contribution in [1.29, 1.82) is 0 Å². The second-order valence-electron chi connectivity index (χ2n) is 6.76. The number of benzene rings is 1. The van der Waals surface area contributed by atoms with E-state index >= 15 is 0 Å². The van der Waals surface area contributed by atoms with Gasteiger partial charge in [0, 0.05) is 44.4 Å². The van der Waals surface area contributed by atoms with Crippen LogP contribution in [0.15, 0.2) is 43.2 Å². The van der Waals surface area contributed by atoms with Crippen molar-refractivity contribution in [3.63, 3.8) is 0 Å². The number of rotatable bonds is 9. The lowest BCUT2D eigenvalue weighted by Crippen LogP contribution is -2.07. The summed E-state index contributed by atoms with van der Waals surface area (Å²) in [4.78, 5) is 13.8. The smallest absolute Gasteiger partial charge is 0.342 e. The van der Waals surface area contributed by atoms with E-state index in [9.17, 15) is 9.90 Å². The van der Waals surface area contributed by atoms with Crippen LogP contribution in [0.5, 0.6) is 11.5 Å². The third kappa shape index (κ3) is 5.10. The number of carboxylic acid groups (broad SMARTS) is 1. The molecule has 0 aliphatic rings. The van der Waals surface area contributed by atoms with E-state index in [0.717, 1.165) is 21.8 Å². The Morgan fingerprint density at radius 2 is 1.88 bits per heavy atom. The summed E-state index contributed by atoms with van der Waals surface area (Å²) in [6, 6.07) is 7.13. The van der Waals surface area contributed by atoms with Crippen LogP contribution in [-0.4, -0.2) is 54.2 Å². The van der Waals surface area contributed by atoms with Gasteiger partial charge in [-0.05, 0) is 46.7 Å². The maximum atomic E-state index is 11.9. The van der Waals surface area contributed by atoms with Crippen molar-refractivity contribution in [1.82, 2.24) is 14.8 Å². The fraction of sp³-hybridized carbons (Fsp3) is 0.286. The number of halogens is 1. The number of ether oxygens (including phenoxy) is 2. The van der Waals surface area contributed by atoms with Gasteiger partial charge in [0.05, 0.1) is 18.7 Å². The third-order valence-electron chi connectivity index (χ3n) is 4.42. The Morgan fingerprint density at radius 3 is 2.38 bits per heavy atom. The molecular weight excluding hydrogens is 500 g/mol. The van der Waals surface area contributed by atoms with Gasteiger partial charge in [0.15, 0.2) is 11.0 Å². The first kappa shape index (κ1) is 23.7. The van der Waals surface area contributed by atoms with Crippen molar-refractivity contribution in [2.75, 3.05) is 33.2 Å². The highest BCUT2D eigenvalue weighted by Crippen LogP contribution is 2.35. The van der Waals surface area contributed by atoms with Gasteiger partial charge in [-0.25, -0.2) is 4.79 Å². The zero-order valence-corrected chi connectivity index (χ0v) is 20.7. The van der Waals surface area contributed by atoms with Gasteiger partial charge in [-0.1, -0.05) is 0 Å². The van der Waals surface area contributed by atoms with Crippen LogP contribution in [0.25, 0.3) is 17.5 Å². The average molecular weight is 523 g/mol. The Morgan fingerprint density at radius 1 is 1.22 bits per heavy atom. The number of methoxy groups -OCH3 is 2. The van der Waals surface area contributed by atoms with Gasteiger partial charge in [0.2, 0.25) is 5.88 Å². The normalized spacial score (nSPS) is 11.5. The van der Waals surface area contributed by atoms with Gasteiger partial charge in [-0.15, -0.1) is 10.2 Å². The Bertz CT molecular complexity index is 1130. The van der Waals surface area contributed by atoms with Gasteiger partial charge in [0.25, 0.3) is 0 Å². The third-order valence-corrected chi connectivity index (χ3v) is 5.99. The molecule has 0 saturated heterocycles. The summed E-state index contributed by atoms with van der Waals surface area (Å²) in [5.41, 5.74) is 0.744. The molecule has 0 spiro atoms. The van der Waals surface area contributed by atoms with Gasteiger partial charge in [-0.3, -0.25) is 0 Å². The number of hydrogen-bond donors (Lipinski definition) is 1. The van der Waals surface area contributed by atoms with E-state index in [1.807, 2.05) is 37.7 Å². The highest BCUT2D eigenvalue weighted by Gasteiger charge is 2.20. The average Bonchev–Trinajstić information content (AvgIpc) is 3.35. The van der Waals surface area contributed by atoms with E-state index in [1.54, 1.807) is 31.3 Å². The van der Waals surface area contributed by atoms with Crippen LogP contribution in [0.1, 0.15) is 12.7 Å². The topological polar surface area (TPSA) is 103 Å². The van der Waals surface area contributed by atoms with Crippen LogP contribution in [0, 0.1) is 0 Å². The first-order chi connectivity index (χ1) is 15.3. The van der Waals surface area contributed by atoms with Crippen LogP contribution in [-0.2, 0) is 11.3 Å². The summed E-state index contributed by atoms with van der Waals surface area (Å²) in [5.74, 6) is 1.72. The van der Waals surface area contributed by atoms with Gasteiger partial charge in [0.1, 0.15) is 22.2 Å². The Balaban J connectivity index is 1.99. The molecule has 170 valence electrons. The predicted octanol–water partition coefficient (Wildman–Crippen LogP) is 4.62. The molecule has 2 aromatic heterocycles.